The number of nitrogens with zero attached hydrogens (tertiary/aromatic N) is 2. The smallest absolute Gasteiger partial charge is 0.161 e. The van der Waals surface area contributed by atoms with Gasteiger partial charge >= 0.3 is 0 Å². The van der Waals surface area contributed by atoms with Gasteiger partial charge in [-0.05, 0) is 61.9 Å². The number of fused-ring (bicyclic) bond motifs is 1. The zero-order valence-corrected chi connectivity index (χ0v) is 13.8. The standard InChI is InChI=1S/C18H18N2O2S/c1-2-22-16-9-12(7-8-15(16)21)11-20-18-14(10-19)13-5-3-4-6-17(13)23-18/h7-9,11,21H,2-6H2,1H3. The van der Waals surface area contributed by atoms with Crippen molar-refractivity contribution in [1.29, 1.82) is 5.26 Å². The molecule has 1 N–H and O–H groups in total. The van der Waals surface area contributed by atoms with Crippen LogP contribution in [0.15, 0.2) is 23.2 Å². The van der Waals surface area contributed by atoms with Crippen molar-refractivity contribution in [1.82, 2.24) is 0 Å². The van der Waals surface area contributed by atoms with E-state index in [4.69, 9.17) is 4.74 Å². The molecule has 3 rings (SSSR count). The third kappa shape index (κ3) is 3.22. The van der Waals surface area contributed by atoms with Crippen LogP contribution in [0.1, 0.15) is 41.3 Å². The third-order valence-corrected chi connectivity index (χ3v) is 5.08. The Morgan fingerprint density at radius 2 is 2.22 bits per heavy atom. The van der Waals surface area contributed by atoms with Gasteiger partial charge in [-0.3, -0.25) is 0 Å². The summed E-state index contributed by atoms with van der Waals surface area (Å²) in [5, 5.41) is 20.0. The number of hydrogen-bond acceptors (Lipinski definition) is 5. The first kappa shape index (κ1) is 15.6. The van der Waals surface area contributed by atoms with Gasteiger partial charge in [0.25, 0.3) is 0 Å². The van der Waals surface area contributed by atoms with Crippen molar-refractivity contribution in [2.24, 2.45) is 4.99 Å². The number of thiophene rings is 1. The first-order chi connectivity index (χ1) is 11.2. The third-order valence-electron chi connectivity index (χ3n) is 3.88. The van der Waals surface area contributed by atoms with E-state index in [1.54, 1.807) is 35.8 Å². The van der Waals surface area contributed by atoms with Gasteiger partial charge in [-0.25, -0.2) is 4.99 Å². The van der Waals surface area contributed by atoms with Gasteiger partial charge in [0.1, 0.15) is 11.1 Å². The Balaban J connectivity index is 1.90. The van der Waals surface area contributed by atoms with Gasteiger partial charge < -0.3 is 9.84 Å². The molecule has 5 heteroatoms. The average molecular weight is 326 g/mol. The molecule has 0 amide bonds. The van der Waals surface area contributed by atoms with E-state index in [-0.39, 0.29) is 5.75 Å². The molecule has 1 heterocycles. The average Bonchev–Trinajstić information content (AvgIpc) is 2.93. The summed E-state index contributed by atoms with van der Waals surface area (Å²) in [6.07, 6.45) is 6.10. The van der Waals surface area contributed by atoms with Crippen molar-refractivity contribution in [2.45, 2.75) is 32.6 Å². The maximum Gasteiger partial charge on any atom is 0.161 e. The number of phenolic OH excluding ortho intramolecular Hbond substituents is 1. The van der Waals surface area contributed by atoms with Gasteiger partial charge in [-0.15, -0.1) is 11.3 Å². The van der Waals surface area contributed by atoms with E-state index in [1.807, 2.05) is 6.92 Å². The Morgan fingerprint density at radius 1 is 1.39 bits per heavy atom. The van der Waals surface area contributed by atoms with E-state index in [2.05, 4.69) is 11.1 Å². The minimum atomic E-state index is 0.119. The second-order valence-electron chi connectivity index (χ2n) is 5.42. The number of ether oxygens (including phenoxy) is 1. The maximum atomic E-state index is 9.73. The van der Waals surface area contributed by atoms with E-state index in [0.717, 1.165) is 35.4 Å². The Bertz CT molecular complexity index is 787. The summed E-state index contributed by atoms with van der Waals surface area (Å²) >= 11 is 1.62. The molecule has 1 aromatic heterocycles. The highest BCUT2D eigenvalue weighted by Crippen LogP contribution is 2.39. The molecule has 1 aliphatic rings. The highest BCUT2D eigenvalue weighted by atomic mass is 32.1. The molecule has 0 unspecified atom stereocenters. The van der Waals surface area contributed by atoms with E-state index in [0.29, 0.717) is 12.4 Å². The normalized spacial score (nSPS) is 13.7. The van der Waals surface area contributed by atoms with Crippen molar-refractivity contribution < 1.29 is 9.84 Å². The molecule has 0 saturated carbocycles. The number of rotatable bonds is 4. The van der Waals surface area contributed by atoms with Gasteiger partial charge in [-0.1, -0.05) is 0 Å². The van der Waals surface area contributed by atoms with Crippen molar-refractivity contribution in [3.05, 3.63) is 39.8 Å². The number of phenols is 1. The molecule has 118 valence electrons. The van der Waals surface area contributed by atoms with Gasteiger partial charge in [0, 0.05) is 11.1 Å². The molecule has 0 saturated heterocycles. The summed E-state index contributed by atoms with van der Waals surface area (Å²) in [5.41, 5.74) is 2.75. The van der Waals surface area contributed by atoms with Crippen LogP contribution in [-0.4, -0.2) is 17.9 Å². The number of aromatic hydroxyl groups is 1. The quantitative estimate of drug-likeness (QED) is 0.849. The van der Waals surface area contributed by atoms with Crippen LogP contribution in [0, 0.1) is 11.3 Å². The topological polar surface area (TPSA) is 65.6 Å². The Kier molecular flexibility index (Phi) is 4.63. The highest BCUT2D eigenvalue weighted by Gasteiger charge is 2.20. The predicted octanol–water partition coefficient (Wildman–Crippen LogP) is 4.35. The summed E-state index contributed by atoms with van der Waals surface area (Å²) in [4.78, 5) is 5.82. The molecular weight excluding hydrogens is 308 g/mol. The summed E-state index contributed by atoms with van der Waals surface area (Å²) in [6.45, 7) is 2.36. The maximum absolute atomic E-state index is 9.73. The van der Waals surface area contributed by atoms with Gasteiger partial charge in [0.2, 0.25) is 0 Å². The lowest BCUT2D eigenvalue weighted by Gasteiger charge is -2.09. The van der Waals surface area contributed by atoms with Crippen molar-refractivity contribution >= 4 is 22.6 Å². The van der Waals surface area contributed by atoms with Crippen LogP contribution in [-0.2, 0) is 12.8 Å². The van der Waals surface area contributed by atoms with Gasteiger partial charge in [0.15, 0.2) is 11.5 Å². The van der Waals surface area contributed by atoms with Gasteiger partial charge in [-0.2, -0.15) is 5.26 Å². The second-order valence-corrected chi connectivity index (χ2v) is 6.50. The molecule has 1 aromatic carbocycles. The first-order valence-electron chi connectivity index (χ1n) is 7.77. The van der Waals surface area contributed by atoms with Crippen LogP contribution in [0.2, 0.25) is 0 Å². The van der Waals surface area contributed by atoms with E-state index in [1.165, 1.54) is 16.9 Å². The zero-order valence-electron chi connectivity index (χ0n) is 13.0. The molecule has 0 aliphatic heterocycles. The van der Waals surface area contributed by atoms with Crippen LogP contribution in [0.25, 0.3) is 0 Å². The number of aryl methyl sites for hydroxylation is 1. The number of hydrogen-bond donors (Lipinski definition) is 1. The summed E-state index contributed by atoms with van der Waals surface area (Å²) < 4.78 is 5.38. The van der Waals surface area contributed by atoms with Crippen molar-refractivity contribution in [2.75, 3.05) is 6.61 Å². The monoisotopic (exact) mass is 326 g/mol. The lowest BCUT2D eigenvalue weighted by atomic mass is 9.96. The van der Waals surface area contributed by atoms with Crippen molar-refractivity contribution in [3.8, 4) is 17.6 Å². The minimum Gasteiger partial charge on any atom is -0.504 e. The van der Waals surface area contributed by atoms with Crippen LogP contribution in [0.4, 0.5) is 5.00 Å². The van der Waals surface area contributed by atoms with Crippen LogP contribution < -0.4 is 4.74 Å². The highest BCUT2D eigenvalue weighted by molar-refractivity contribution is 7.16. The van der Waals surface area contributed by atoms with E-state index >= 15 is 0 Å². The van der Waals surface area contributed by atoms with E-state index < -0.39 is 0 Å². The summed E-state index contributed by atoms with van der Waals surface area (Å²) in [6, 6.07) is 7.44. The molecular formula is C18H18N2O2S. The van der Waals surface area contributed by atoms with Crippen LogP contribution >= 0.6 is 11.3 Å². The molecule has 0 fully saturated rings. The number of nitriles is 1. The molecule has 23 heavy (non-hydrogen) atoms. The molecule has 0 bridgehead atoms. The van der Waals surface area contributed by atoms with Crippen LogP contribution in [0.3, 0.4) is 0 Å². The summed E-state index contributed by atoms with van der Waals surface area (Å²) in [5.74, 6) is 0.565. The Labute approximate surface area is 139 Å². The van der Waals surface area contributed by atoms with Gasteiger partial charge in [0.05, 0.1) is 12.2 Å². The second kappa shape index (κ2) is 6.84. The largest absolute Gasteiger partial charge is 0.504 e. The fourth-order valence-corrected chi connectivity index (χ4v) is 3.96. The molecule has 1 aliphatic carbocycles. The fourth-order valence-electron chi connectivity index (χ4n) is 2.77. The SMILES string of the molecule is CCOc1cc(C=Nc2sc3c(c2C#N)CCCC3)ccc1O. The Hall–Kier alpha value is -2.32. The van der Waals surface area contributed by atoms with Crippen LogP contribution in [0.5, 0.6) is 11.5 Å². The number of benzene rings is 1. The molecule has 0 atom stereocenters. The fraction of sp³-hybridized carbons (Fsp3) is 0.333. The minimum absolute atomic E-state index is 0.119. The molecule has 0 spiro atoms. The Morgan fingerprint density at radius 3 is 3.00 bits per heavy atom. The predicted molar refractivity (Wildman–Crippen MR) is 92.2 cm³/mol. The zero-order chi connectivity index (χ0) is 16.2. The van der Waals surface area contributed by atoms with Crippen molar-refractivity contribution in [3.63, 3.8) is 0 Å². The molecule has 2 aromatic rings. The van der Waals surface area contributed by atoms with E-state index in [9.17, 15) is 10.4 Å². The number of aliphatic imine (C=N–C) groups is 1. The lowest BCUT2D eigenvalue weighted by molar-refractivity contribution is 0.318. The summed E-state index contributed by atoms with van der Waals surface area (Å²) in [7, 11) is 0. The molecule has 4 nitrogen and oxygen atoms in total. The lowest BCUT2D eigenvalue weighted by Crippen LogP contribution is -1.99. The first-order valence-corrected chi connectivity index (χ1v) is 8.59. The molecule has 0 radical (unpaired) electrons.